The SMILES string of the molecule is COC(=O)c1ccc2cc(OCC(=O)O)ccc2n1. The van der Waals surface area contributed by atoms with Crippen LogP contribution in [0.25, 0.3) is 10.9 Å². The van der Waals surface area contributed by atoms with Crippen molar-refractivity contribution in [3.05, 3.63) is 36.0 Å². The van der Waals surface area contributed by atoms with Crippen molar-refractivity contribution in [3.63, 3.8) is 0 Å². The third-order valence-corrected chi connectivity index (χ3v) is 2.42. The van der Waals surface area contributed by atoms with Crippen LogP contribution in [0.1, 0.15) is 10.5 Å². The summed E-state index contributed by atoms with van der Waals surface area (Å²) in [7, 11) is 1.29. The van der Waals surface area contributed by atoms with Crippen LogP contribution in [0.15, 0.2) is 30.3 Å². The lowest BCUT2D eigenvalue weighted by atomic mass is 10.2. The van der Waals surface area contributed by atoms with Crippen molar-refractivity contribution in [2.24, 2.45) is 0 Å². The lowest BCUT2D eigenvalue weighted by Gasteiger charge is -2.05. The Balaban J connectivity index is 2.29. The zero-order chi connectivity index (χ0) is 13.8. The van der Waals surface area contributed by atoms with Crippen LogP contribution in [0.2, 0.25) is 0 Å². The first-order valence-electron chi connectivity index (χ1n) is 5.44. The molecule has 2 aromatic rings. The molecule has 0 spiro atoms. The Bertz CT molecular complexity index is 638. The monoisotopic (exact) mass is 261 g/mol. The second-order valence-corrected chi connectivity index (χ2v) is 3.72. The van der Waals surface area contributed by atoms with Crippen LogP contribution in [0, 0.1) is 0 Å². The van der Waals surface area contributed by atoms with Crippen LogP contribution in [-0.4, -0.2) is 35.7 Å². The molecule has 0 fully saturated rings. The standard InChI is InChI=1S/C13H11NO5/c1-18-13(17)11-4-2-8-6-9(19-7-12(15)16)3-5-10(8)14-11/h2-6H,7H2,1H3,(H,15,16). The van der Waals surface area contributed by atoms with Gasteiger partial charge in [-0.3, -0.25) is 0 Å². The van der Waals surface area contributed by atoms with Crippen molar-refractivity contribution in [1.29, 1.82) is 0 Å². The third kappa shape index (κ3) is 2.98. The van der Waals surface area contributed by atoms with Gasteiger partial charge in [0.2, 0.25) is 0 Å². The average Bonchev–Trinajstić information content (AvgIpc) is 2.43. The maximum absolute atomic E-state index is 11.3. The number of aromatic nitrogens is 1. The number of ether oxygens (including phenoxy) is 2. The fourth-order valence-corrected chi connectivity index (χ4v) is 1.56. The molecular weight excluding hydrogens is 250 g/mol. The average molecular weight is 261 g/mol. The molecule has 0 radical (unpaired) electrons. The summed E-state index contributed by atoms with van der Waals surface area (Å²) in [5, 5.41) is 9.27. The number of nitrogens with zero attached hydrogens (tertiary/aromatic N) is 1. The second kappa shape index (κ2) is 5.34. The number of carbonyl (C=O) groups excluding carboxylic acids is 1. The highest BCUT2D eigenvalue weighted by molar-refractivity contribution is 5.91. The summed E-state index contributed by atoms with van der Waals surface area (Å²) >= 11 is 0. The molecular formula is C13H11NO5. The van der Waals surface area contributed by atoms with Crippen LogP contribution in [0.3, 0.4) is 0 Å². The van der Waals surface area contributed by atoms with Crippen LogP contribution < -0.4 is 4.74 Å². The van der Waals surface area contributed by atoms with Crippen molar-refractivity contribution in [1.82, 2.24) is 4.98 Å². The number of benzene rings is 1. The quantitative estimate of drug-likeness (QED) is 0.839. The summed E-state index contributed by atoms with van der Waals surface area (Å²) in [6.07, 6.45) is 0. The topological polar surface area (TPSA) is 85.7 Å². The summed E-state index contributed by atoms with van der Waals surface area (Å²) < 4.78 is 9.64. The van der Waals surface area contributed by atoms with Crippen molar-refractivity contribution >= 4 is 22.8 Å². The number of aliphatic carboxylic acids is 1. The van der Waals surface area contributed by atoms with E-state index in [0.29, 0.717) is 11.3 Å². The predicted octanol–water partition coefficient (Wildman–Crippen LogP) is 1.48. The number of hydrogen-bond acceptors (Lipinski definition) is 5. The molecule has 19 heavy (non-hydrogen) atoms. The first kappa shape index (κ1) is 12.8. The van der Waals surface area contributed by atoms with Gasteiger partial charge >= 0.3 is 11.9 Å². The molecule has 6 nitrogen and oxygen atoms in total. The maximum atomic E-state index is 11.3. The third-order valence-electron chi connectivity index (χ3n) is 2.42. The van der Waals surface area contributed by atoms with Crippen LogP contribution in [0.5, 0.6) is 5.75 Å². The van der Waals surface area contributed by atoms with Gasteiger partial charge in [-0.2, -0.15) is 0 Å². The molecule has 1 aromatic carbocycles. The molecule has 98 valence electrons. The van der Waals surface area contributed by atoms with Crippen molar-refractivity contribution in [2.75, 3.05) is 13.7 Å². The number of pyridine rings is 1. The smallest absolute Gasteiger partial charge is 0.356 e. The number of fused-ring (bicyclic) bond motifs is 1. The van der Waals surface area contributed by atoms with Gasteiger partial charge in [-0.15, -0.1) is 0 Å². The predicted molar refractivity (Wildman–Crippen MR) is 66.2 cm³/mol. The number of carboxylic acids is 1. The summed E-state index contributed by atoms with van der Waals surface area (Å²) in [5.41, 5.74) is 0.819. The van der Waals surface area contributed by atoms with E-state index in [-0.39, 0.29) is 5.69 Å². The number of esters is 1. The number of rotatable bonds is 4. The molecule has 0 bridgehead atoms. The molecule has 0 aliphatic carbocycles. The Kier molecular flexibility index (Phi) is 3.61. The van der Waals surface area contributed by atoms with E-state index in [9.17, 15) is 9.59 Å². The van der Waals surface area contributed by atoms with E-state index in [4.69, 9.17) is 9.84 Å². The number of carbonyl (C=O) groups is 2. The molecule has 0 saturated carbocycles. The van der Waals surface area contributed by atoms with Gasteiger partial charge in [0.15, 0.2) is 6.61 Å². The summed E-state index contributed by atoms with van der Waals surface area (Å²) in [5.74, 6) is -1.12. The fourth-order valence-electron chi connectivity index (χ4n) is 1.56. The number of hydrogen-bond donors (Lipinski definition) is 1. The van der Waals surface area contributed by atoms with Gasteiger partial charge in [-0.05, 0) is 24.3 Å². The minimum absolute atomic E-state index is 0.217. The molecule has 0 amide bonds. The molecule has 0 unspecified atom stereocenters. The Labute approximate surface area is 108 Å². The van der Waals surface area contributed by atoms with Crippen LogP contribution in [0.4, 0.5) is 0 Å². The second-order valence-electron chi connectivity index (χ2n) is 3.72. The van der Waals surface area contributed by atoms with Crippen molar-refractivity contribution < 1.29 is 24.2 Å². The first-order chi connectivity index (χ1) is 9.10. The molecule has 2 rings (SSSR count). The van der Waals surface area contributed by atoms with E-state index < -0.39 is 18.5 Å². The maximum Gasteiger partial charge on any atom is 0.356 e. The van der Waals surface area contributed by atoms with E-state index in [1.807, 2.05) is 0 Å². The van der Waals surface area contributed by atoms with E-state index in [2.05, 4.69) is 9.72 Å². The molecule has 1 aromatic heterocycles. The van der Waals surface area contributed by atoms with Gasteiger partial charge < -0.3 is 14.6 Å². The van der Waals surface area contributed by atoms with E-state index >= 15 is 0 Å². The number of methoxy groups -OCH3 is 1. The fraction of sp³-hybridized carbons (Fsp3) is 0.154. The van der Waals surface area contributed by atoms with Gasteiger partial charge in [-0.1, -0.05) is 6.07 Å². The Hall–Kier alpha value is -2.63. The highest BCUT2D eigenvalue weighted by atomic mass is 16.5. The van der Waals surface area contributed by atoms with Gasteiger partial charge in [0.25, 0.3) is 0 Å². The molecule has 0 saturated heterocycles. The Morgan fingerprint density at radius 1 is 1.26 bits per heavy atom. The highest BCUT2D eigenvalue weighted by Gasteiger charge is 2.08. The van der Waals surface area contributed by atoms with E-state index in [1.165, 1.54) is 13.2 Å². The molecule has 1 heterocycles. The van der Waals surface area contributed by atoms with Gasteiger partial charge in [0.1, 0.15) is 11.4 Å². The summed E-state index contributed by atoms with van der Waals surface area (Å²) in [6, 6.07) is 8.14. The van der Waals surface area contributed by atoms with E-state index in [0.717, 1.165) is 5.39 Å². The van der Waals surface area contributed by atoms with Crippen molar-refractivity contribution in [3.8, 4) is 5.75 Å². The first-order valence-corrected chi connectivity index (χ1v) is 5.44. The summed E-state index contributed by atoms with van der Waals surface area (Å²) in [6.45, 7) is -0.404. The molecule has 1 N–H and O–H groups in total. The lowest BCUT2D eigenvalue weighted by molar-refractivity contribution is -0.139. The lowest BCUT2D eigenvalue weighted by Crippen LogP contribution is -2.09. The van der Waals surface area contributed by atoms with Gasteiger partial charge in [-0.25, -0.2) is 14.6 Å². The van der Waals surface area contributed by atoms with Crippen molar-refractivity contribution in [2.45, 2.75) is 0 Å². The largest absolute Gasteiger partial charge is 0.482 e. The zero-order valence-electron chi connectivity index (χ0n) is 10.1. The molecule has 0 aliphatic rings. The molecule has 0 aliphatic heterocycles. The minimum atomic E-state index is -1.04. The molecule has 6 heteroatoms. The normalized spacial score (nSPS) is 10.2. The molecule has 0 atom stereocenters. The highest BCUT2D eigenvalue weighted by Crippen LogP contribution is 2.20. The summed E-state index contributed by atoms with van der Waals surface area (Å²) in [4.78, 5) is 25.9. The van der Waals surface area contributed by atoms with Gasteiger partial charge in [0, 0.05) is 5.39 Å². The Morgan fingerprint density at radius 3 is 2.74 bits per heavy atom. The van der Waals surface area contributed by atoms with Crippen LogP contribution in [-0.2, 0) is 9.53 Å². The Morgan fingerprint density at radius 2 is 2.05 bits per heavy atom. The van der Waals surface area contributed by atoms with Gasteiger partial charge in [0.05, 0.1) is 12.6 Å². The van der Waals surface area contributed by atoms with Crippen LogP contribution >= 0.6 is 0 Å². The number of carboxylic acid groups (broad SMARTS) is 1. The van der Waals surface area contributed by atoms with E-state index in [1.54, 1.807) is 24.3 Å². The minimum Gasteiger partial charge on any atom is -0.482 e. The zero-order valence-corrected chi connectivity index (χ0v) is 10.1.